The summed E-state index contributed by atoms with van der Waals surface area (Å²) in [5.74, 6) is -0.732. The molecule has 2 unspecified atom stereocenters. The van der Waals surface area contributed by atoms with Gasteiger partial charge >= 0.3 is 0 Å². The molecule has 1 aliphatic heterocycles. The van der Waals surface area contributed by atoms with Gasteiger partial charge in [-0.2, -0.15) is 0 Å². The Bertz CT molecular complexity index is 321. The topological polar surface area (TPSA) is 46.2 Å². The summed E-state index contributed by atoms with van der Waals surface area (Å²) in [7, 11) is 0. The average Bonchev–Trinajstić information content (AvgIpc) is 2.25. The van der Waals surface area contributed by atoms with Gasteiger partial charge in [0, 0.05) is 0 Å². The van der Waals surface area contributed by atoms with Gasteiger partial charge in [0.2, 0.25) is 11.8 Å². The first-order valence-electron chi connectivity index (χ1n) is 3.55. The summed E-state index contributed by atoms with van der Waals surface area (Å²) in [6.45, 7) is 0. The molecule has 2 rings (SSSR count). The Balaban J connectivity index is 2.49. The first kappa shape index (κ1) is 7.97. The molecule has 12 heavy (non-hydrogen) atoms. The third-order valence-corrected chi connectivity index (χ3v) is 3.59. The van der Waals surface area contributed by atoms with Crippen LogP contribution in [0.25, 0.3) is 0 Å². The number of carbonyl (C=O) groups is 2. The van der Waals surface area contributed by atoms with E-state index in [4.69, 9.17) is 0 Å². The van der Waals surface area contributed by atoms with Gasteiger partial charge < -0.3 is 0 Å². The molecule has 0 aromatic heterocycles. The van der Waals surface area contributed by atoms with Gasteiger partial charge in [-0.05, 0) is 0 Å². The third-order valence-electron chi connectivity index (χ3n) is 2.07. The molecule has 0 spiro atoms. The zero-order valence-electron chi connectivity index (χ0n) is 6.08. The molecule has 0 bridgehead atoms. The highest BCUT2D eigenvalue weighted by Crippen LogP contribution is 2.38. The molecule has 2 atom stereocenters. The summed E-state index contributed by atoms with van der Waals surface area (Å²) >= 11 is 2.01. The van der Waals surface area contributed by atoms with Crippen LogP contribution in [0.2, 0.25) is 0 Å². The number of imide groups is 1. The molecule has 62 valence electrons. The summed E-state index contributed by atoms with van der Waals surface area (Å²) in [6, 6.07) is 0. The highest BCUT2D eigenvalue weighted by Gasteiger charge is 2.51. The highest BCUT2D eigenvalue weighted by molar-refractivity contribution is 14.1. The minimum atomic E-state index is -0.677. The molecule has 0 saturated carbocycles. The number of halogens is 1. The van der Waals surface area contributed by atoms with Gasteiger partial charge in [0.15, 0.2) is 0 Å². The molecule has 0 aromatic carbocycles. The molecule has 1 N–H and O–H groups in total. The highest BCUT2D eigenvalue weighted by atomic mass is 127. The maximum absolute atomic E-state index is 11.3. The van der Waals surface area contributed by atoms with Gasteiger partial charge in [-0.1, -0.05) is 46.9 Å². The van der Waals surface area contributed by atoms with Crippen molar-refractivity contribution in [3.8, 4) is 0 Å². The number of hydrogen-bond acceptors (Lipinski definition) is 2. The zero-order chi connectivity index (χ0) is 8.77. The van der Waals surface area contributed by atoms with E-state index in [1.807, 2.05) is 22.6 Å². The van der Waals surface area contributed by atoms with Crippen LogP contribution >= 0.6 is 22.6 Å². The molecule has 0 radical (unpaired) electrons. The Kier molecular flexibility index (Phi) is 1.61. The minimum Gasteiger partial charge on any atom is -0.294 e. The summed E-state index contributed by atoms with van der Waals surface area (Å²) in [5.41, 5.74) is 0. The Morgan fingerprint density at radius 2 is 2.17 bits per heavy atom. The first-order chi connectivity index (χ1) is 5.64. The fraction of sp³-hybridized carbons (Fsp3) is 0.250. The Morgan fingerprint density at radius 1 is 1.42 bits per heavy atom. The maximum Gasteiger partial charge on any atom is 0.247 e. The van der Waals surface area contributed by atoms with E-state index in [1.54, 1.807) is 24.3 Å². The number of hydrogen-bond donors (Lipinski definition) is 1. The second kappa shape index (κ2) is 2.42. The van der Waals surface area contributed by atoms with E-state index in [9.17, 15) is 9.59 Å². The Morgan fingerprint density at radius 3 is 2.83 bits per heavy atom. The summed E-state index contributed by atoms with van der Waals surface area (Å²) in [4.78, 5) is 22.5. The van der Waals surface area contributed by atoms with Crippen LogP contribution in [0.3, 0.4) is 0 Å². The lowest BCUT2D eigenvalue weighted by Gasteiger charge is -2.20. The molecular formula is C8H6INO2. The second-order valence-electron chi connectivity index (χ2n) is 2.81. The van der Waals surface area contributed by atoms with Gasteiger partial charge in [0.05, 0.1) is 5.92 Å². The van der Waals surface area contributed by atoms with E-state index in [1.165, 1.54) is 0 Å². The van der Waals surface area contributed by atoms with Gasteiger partial charge in [-0.15, -0.1) is 0 Å². The molecule has 4 heteroatoms. The molecule has 1 fully saturated rings. The predicted octanol–water partition coefficient (Wildman–Crippen LogP) is 0.559. The van der Waals surface area contributed by atoms with Crippen molar-refractivity contribution in [1.29, 1.82) is 0 Å². The van der Waals surface area contributed by atoms with Gasteiger partial charge in [0.1, 0.15) is 3.42 Å². The van der Waals surface area contributed by atoms with Crippen LogP contribution in [0.5, 0.6) is 0 Å². The van der Waals surface area contributed by atoms with Gasteiger partial charge in [-0.3, -0.25) is 14.9 Å². The molecule has 1 saturated heterocycles. The van der Waals surface area contributed by atoms with Gasteiger partial charge in [0.25, 0.3) is 0 Å². The SMILES string of the molecule is O=C1NC(=O)C2(I)C=CC=CC12. The largest absolute Gasteiger partial charge is 0.294 e. The zero-order valence-corrected chi connectivity index (χ0v) is 8.24. The summed E-state index contributed by atoms with van der Waals surface area (Å²) in [5, 5.41) is 2.31. The van der Waals surface area contributed by atoms with Crippen molar-refractivity contribution in [3.63, 3.8) is 0 Å². The van der Waals surface area contributed by atoms with E-state index in [2.05, 4.69) is 5.32 Å². The van der Waals surface area contributed by atoms with Crippen LogP contribution in [-0.2, 0) is 9.59 Å². The number of alkyl halides is 1. The van der Waals surface area contributed by atoms with Crippen LogP contribution in [0.15, 0.2) is 24.3 Å². The van der Waals surface area contributed by atoms with Crippen molar-refractivity contribution in [3.05, 3.63) is 24.3 Å². The lowest BCUT2D eigenvalue weighted by atomic mass is 9.91. The molecule has 3 nitrogen and oxygen atoms in total. The van der Waals surface area contributed by atoms with E-state index < -0.39 is 3.42 Å². The van der Waals surface area contributed by atoms with E-state index in [0.717, 1.165) is 0 Å². The van der Waals surface area contributed by atoms with Crippen LogP contribution in [0.1, 0.15) is 0 Å². The number of allylic oxidation sites excluding steroid dienone is 2. The van der Waals surface area contributed by atoms with Crippen LogP contribution in [-0.4, -0.2) is 15.2 Å². The van der Waals surface area contributed by atoms with Crippen molar-refractivity contribution in [1.82, 2.24) is 5.32 Å². The van der Waals surface area contributed by atoms with E-state index in [0.29, 0.717) is 0 Å². The lowest BCUT2D eigenvalue weighted by Crippen LogP contribution is -2.33. The maximum atomic E-state index is 11.3. The summed E-state index contributed by atoms with van der Waals surface area (Å²) < 4.78 is -0.677. The molecule has 0 aromatic rings. The fourth-order valence-electron chi connectivity index (χ4n) is 1.40. The standard InChI is InChI=1S/C8H6INO2/c9-8-4-2-1-3-5(8)6(11)10-7(8)12/h1-5H,(H,10,11,12). The predicted molar refractivity (Wildman–Crippen MR) is 51.7 cm³/mol. The van der Waals surface area contributed by atoms with Crippen LogP contribution in [0.4, 0.5) is 0 Å². The van der Waals surface area contributed by atoms with Crippen molar-refractivity contribution >= 4 is 34.4 Å². The summed E-state index contributed by atoms with van der Waals surface area (Å²) in [6.07, 6.45) is 7.10. The monoisotopic (exact) mass is 275 g/mol. The second-order valence-corrected chi connectivity index (χ2v) is 4.59. The number of fused-ring (bicyclic) bond motifs is 1. The number of nitrogens with one attached hydrogen (secondary N) is 1. The third kappa shape index (κ3) is 0.872. The van der Waals surface area contributed by atoms with E-state index >= 15 is 0 Å². The van der Waals surface area contributed by atoms with Crippen molar-refractivity contribution < 1.29 is 9.59 Å². The molecular weight excluding hydrogens is 269 g/mol. The average molecular weight is 275 g/mol. The molecule has 2 amide bonds. The Labute approximate surface area is 83.0 Å². The minimum absolute atomic E-state index is 0.199. The van der Waals surface area contributed by atoms with Crippen LogP contribution < -0.4 is 5.32 Å². The number of carbonyl (C=O) groups excluding carboxylic acids is 2. The quantitative estimate of drug-likeness (QED) is 0.399. The lowest BCUT2D eigenvalue weighted by molar-refractivity contribution is -0.125. The normalized spacial score (nSPS) is 38.2. The molecule has 1 heterocycles. The fourth-order valence-corrected chi connectivity index (χ4v) is 2.23. The Hall–Kier alpha value is -0.650. The van der Waals surface area contributed by atoms with Crippen LogP contribution in [0, 0.1) is 5.92 Å². The number of amides is 2. The van der Waals surface area contributed by atoms with Gasteiger partial charge in [-0.25, -0.2) is 0 Å². The molecule has 1 aliphatic carbocycles. The smallest absolute Gasteiger partial charge is 0.247 e. The van der Waals surface area contributed by atoms with Crippen molar-refractivity contribution in [2.24, 2.45) is 5.92 Å². The molecule has 2 aliphatic rings. The van der Waals surface area contributed by atoms with Crippen molar-refractivity contribution in [2.75, 3.05) is 0 Å². The van der Waals surface area contributed by atoms with E-state index in [-0.39, 0.29) is 17.7 Å². The van der Waals surface area contributed by atoms with Crippen molar-refractivity contribution in [2.45, 2.75) is 3.42 Å². The first-order valence-corrected chi connectivity index (χ1v) is 4.63. The number of rotatable bonds is 0.